The van der Waals surface area contributed by atoms with Gasteiger partial charge in [0.2, 0.25) is 0 Å². The quantitative estimate of drug-likeness (QED) is 0.599. The molecule has 1 aliphatic heterocycles. The second-order valence-electron chi connectivity index (χ2n) is 9.35. The number of hydrogen-bond acceptors (Lipinski definition) is 3. The van der Waals surface area contributed by atoms with E-state index in [0.29, 0.717) is 17.9 Å². The van der Waals surface area contributed by atoms with Gasteiger partial charge in [0, 0.05) is 13.1 Å². The van der Waals surface area contributed by atoms with E-state index in [0.717, 1.165) is 31.7 Å². The molecular weight excluding hydrogens is 336 g/mol. The molecule has 2 aliphatic carbocycles. The Morgan fingerprint density at radius 1 is 1.15 bits per heavy atom. The van der Waals surface area contributed by atoms with Crippen molar-refractivity contribution in [3.63, 3.8) is 0 Å². The number of guanidine groups is 1. The van der Waals surface area contributed by atoms with Gasteiger partial charge in [-0.25, -0.2) is 0 Å². The highest BCUT2D eigenvalue weighted by Gasteiger charge is 2.49. The van der Waals surface area contributed by atoms with Crippen LogP contribution in [-0.4, -0.2) is 41.9 Å². The third-order valence-corrected chi connectivity index (χ3v) is 7.21. The first-order valence-electron chi connectivity index (χ1n) is 11.4. The number of nitrogens with one attached hydrogen (secondary N) is 3. The minimum atomic E-state index is -0.527. The molecule has 2 saturated carbocycles. The number of carbonyl (C=O) groups excluding carboxylic acids is 1. The van der Waals surface area contributed by atoms with Gasteiger partial charge >= 0.3 is 0 Å². The lowest BCUT2D eigenvalue weighted by Crippen LogP contribution is -2.49. The zero-order valence-electron chi connectivity index (χ0n) is 17.5. The average molecular weight is 377 g/mol. The maximum atomic E-state index is 13.1. The number of likely N-dealkylation sites (N-methyl/N-ethyl adjacent to an activating group) is 1. The van der Waals surface area contributed by atoms with Gasteiger partial charge in [0.15, 0.2) is 5.96 Å². The number of rotatable bonds is 8. The fourth-order valence-electron chi connectivity index (χ4n) is 5.63. The molecule has 1 heterocycles. The van der Waals surface area contributed by atoms with Crippen LogP contribution in [0.3, 0.4) is 0 Å². The van der Waals surface area contributed by atoms with E-state index in [1.807, 2.05) is 0 Å². The van der Waals surface area contributed by atoms with Crippen LogP contribution in [0.4, 0.5) is 0 Å². The van der Waals surface area contributed by atoms with Crippen molar-refractivity contribution >= 4 is 11.9 Å². The Kier molecular flexibility index (Phi) is 7.18. The molecule has 0 bridgehead atoms. The Balaban J connectivity index is 1.64. The summed E-state index contributed by atoms with van der Waals surface area (Å²) in [6.45, 7) is 3.31. The molecule has 0 aromatic carbocycles. The molecule has 154 valence electrons. The highest BCUT2D eigenvalue weighted by atomic mass is 16.2. The molecule has 0 unspecified atom stereocenters. The summed E-state index contributed by atoms with van der Waals surface area (Å²) in [6.07, 6.45) is 15.7. The lowest BCUT2D eigenvalue weighted by Gasteiger charge is -2.37. The minimum Gasteiger partial charge on any atom is -0.342 e. The van der Waals surface area contributed by atoms with Crippen molar-refractivity contribution in [1.29, 1.82) is 5.41 Å². The van der Waals surface area contributed by atoms with Crippen LogP contribution in [0, 0.1) is 17.2 Å². The summed E-state index contributed by atoms with van der Waals surface area (Å²) in [7, 11) is 1.76. The van der Waals surface area contributed by atoms with Gasteiger partial charge in [-0.2, -0.15) is 0 Å². The minimum absolute atomic E-state index is 0.131. The predicted octanol–water partition coefficient (Wildman–Crippen LogP) is 4.03. The first-order chi connectivity index (χ1) is 13.0. The van der Waals surface area contributed by atoms with E-state index >= 15 is 0 Å². The van der Waals surface area contributed by atoms with E-state index in [4.69, 9.17) is 5.41 Å². The van der Waals surface area contributed by atoms with Crippen LogP contribution < -0.4 is 10.6 Å². The molecular formula is C22H40N4O. The van der Waals surface area contributed by atoms with E-state index < -0.39 is 5.54 Å². The van der Waals surface area contributed by atoms with Crippen LogP contribution in [0.5, 0.6) is 0 Å². The maximum absolute atomic E-state index is 13.1. The molecule has 1 amide bonds. The Morgan fingerprint density at radius 2 is 1.89 bits per heavy atom. The van der Waals surface area contributed by atoms with Crippen molar-refractivity contribution in [2.45, 2.75) is 102 Å². The molecule has 0 spiro atoms. The summed E-state index contributed by atoms with van der Waals surface area (Å²) in [5.74, 6) is 1.78. The molecule has 3 rings (SSSR count). The van der Waals surface area contributed by atoms with Crippen molar-refractivity contribution in [2.24, 2.45) is 11.8 Å². The number of carbonyl (C=O) groups is 1. The van der Waals surface area contributed by atoms with E-state index in [2.05, 4.69) is 17.6 Å². The van der Waals surface area contributed by atoms with Crippen molar-refractivity contribution in [2.75, 3.05) is 13.6 Å². The third-order valence-electron chi connectivity index (χ3n) is 7.21. The molecule has 5 nitrogen and oxygen atoms in total. The summed E-state index contributed by atoms with van der Waals surface area (Å²) in [5, 5.41) is 15.2. The summed E-state index contributed by atoms with van der Waals surface area (Å²) in [4.78, 5) is 14.7. The highest BCUT2D eigenvalue weighted by Crippen LogP contribution is 2.38. The molecule has 3 fully saturated rings. The third kappa shape index (κ3) is 5.04. The fraction of sp³-hybridized carbons (Fsp3) is 0.909. The topological polar surface area (TPSA) is 68.2 Å². The smallest absolute Gasteiger partial charge is 0.254 e. The number of nitrogens with zero attached hydrogens (tertiary/aromatic N) is 1. The van der Waals surface area contributed by atoms with Crippen LogP contribution in [0.2, 0.25) is 0 Å². The van der Waals surface area contributed by atoms with Crippen LogP contribution in [0.1, 0.15) is 90.4 Å². The Hall–Kier alpha value is -1.10. The normalized spacial score (nSPS) is 32.7. The Morgan fingerprint density at radius 3 is 2.56 bits per heavy atom. The van der Waals surface area contributed by atoms with Crippen molar-refractivity contribution < 1.29 is 4.79 Å². The van der Waals surface area contributed by atoms with Crippen LogP contribution in [0.15, 0.2) is 0 Å². The van der Waals surface area contributed by atoms with Crippen molar-refractivity contribution in [3.05, 3.63) is 0 Å². The summed E-state index contributed by atoms with van der Waals surface area (Å²) in [6, 6.07) is 0.604. The van der Waals surface area contributed by atoms with E-state index in [9.17, 15) is 4.79 Å². The predicted molar refractivity (Wildman–Crippen MR) is 111 cm³/mol. The van der Waals surface area contributed by atoms with Crippen LogP contribution >= 0.6 is 0 Å². The lowest BCUT2D eigenvalue weighted by atomic mass is 9.74. The molecule has 0 aromatic heterocycles. The molecule has 5 heteroatoms. The molecule has 0 aromatic rings. The van der Waals surface area contributed by atoms with Gasteiger partial charge < -0.3 is 10.6 Å². The molecule has 0 radical (unpaired) electrons. The van der Waals surface area contributed by atoms with Gasteiger partial charge in [-0.3, -0.25) is 15.1 Å². The molecule has 1 saturated heterocycles. The van der Waals surface area contributed by atoms with Crippen molar-refractivity contribution in [3.8, 4) is 0 Å². The SMILES string of the molecule is CCCN[C@H]1CCC[C@H](C[C@@]2(CCC3CCCCC3)NC(=N)N(C)C2=O)C1. The maximum Gasteiger partial charge on any atom is 0.254 e. The molecule has 27 heavy (non-hydrogen) atoms. The van der Waals surface area contributed by atoms with Gasteiger partial charge in [0.05, 0.1) is 0 Å². The summed E-state index contributed by atoms with van der Waals surface area (Å²) < 4.78 is 0. The van der Waals surface area contributed by atoms with E-state index in [1.165, 1.54) is 69.1 Å². The second kappa shape index (κ2) is 9.40. The zero-order valence-corrected chi connectivity index (χ0v) is 17.5. The lowest BCUT2D eigenvalue weighted by molar-refractivity contribution is -0.131. The molecule has 3 atom stereocenters. The summed E-state index contributed by atoms with van der Waals surface area (Å²) >= 11 is 0. The monoisotopic (exact) mass is 376 g/mol. The van der Waals surface area contributed by atoms with Crippen LogP contribution in [0.25, 0.3) is 0 Å². The largest absolute Gasteiger partial charge is 0.342 e. The van der Waals surface area contributed by atoms with E-state index in [-0.39, 0.29) is 5.91 Å². The average Bonchev–Trinajstić information content (AvgIpc) is 2.90. The molecule has 3 N–H and O–H groups in total. The van der Waals surface area contributed by atoms with Crippen LogP contribution in [-0.2, 0) is 4.79 Å². The Labute approximate surface area is 165 Å². The Bertz CT molecular complexity index is 516. The van der Waals surface area contributed by atoms with Gasteiger partial charge in [-0.05, 0) is 56.9 Å². The zero-order chi connectivity index (χ0) is 19.3. The fourth-order valence-corrected chi connectivity index (χ4v) is 5.63. The first-order valence-corrected chi connectivity index (χ1v) is 11.4. The standard InChI is InChI=1S/C22H40N4O/c1-3-14-24-19-11-7-10-18(15-19)16-22(20(27)26(2)21(23)25-22)13-12-17-8-5-4-6-9-17/h17-19,24H,3-16H2,1-2H3,(H2,23,25)/t18-,19-,22+/m0/s1. The number of amides is 1. The molecule has 3 aliphatic rings. The van der Waals surface area contributed by atoms with Gasteiger partial charge in [-0.1, -0.05) is 51.9 Å². The van der Waals surface area contributed by atoms with Gasteiger partial charge in [0.25, 0.3) is 5.91 Å². The van der Waals surface area contributed by atoms with Gasteiger partial charge in [0.1, 0.15) is 5.54 Å². The second-order valence-corrected chi connectivity index (χ2v) is 9.35. The number of hydrogen-bond donors (Lipinski definition) is 3. The van der Waals surface area contributed by atoms with Gasteiger partial charge in [-0.15, -0.1) is 0 Å². The van der Waals surface area contributed by atoms with Crippen molar-refractivity contribution in [1.82, 2.24) is 15.5 Å². The van der Waals surface area contributed by atoms with E-state index in [1.54, 1.807) is 7.05 Å². The first kappa shape index (κ1) is 20.6. The summed E-state index contributed by atoms with van der Waals surface area (Å²) in [5.41, 5.74) is -0.527. The highest BCUT2D eigenvalue weighted by molar-refractivity contribution is 6.07.